The number of hydrogen-bond acceptors (Lipinski definition) is 5. The summed E-state index contributed by atoms with van der Waals surface area (Å²) in [7, 11) is 0. The van der Waals surface area contributed by atoms with Gasteiger partial charge in [-0.15, -0.1) is 11.8 Å². The van der Waals surface area contributed by atoms with Crippen LogP contribution in [-0.2, 0) is 16.2 Å². The maximum Gasteiger partial charge on any atom is 0.272 e. The van der Waals surface area contributed by atoms with Gasteiger partial charge in [-0.05, 0) is 88.8 Å². The van der Waals surface area contributed by atoms with Crippen LogP contribution in [0.3, 0.4) is 0 Å². The highest BCUT2D eigenvalue weighted by atomic mass is 32.2. The van der Waals surface area contributed by atoms with Gasteiger partial charge in [0.1, 0.15) is 23.3 Å². The summed E-state index contributed by atoms with van der Waals surface area (Å²) in [5, 5.41) is 8.25. The summed E-state index contributed by atoms with van der Waals surface area (Å²) < 4.78 is 5.93. The number of amides is 3. The fourth-order valence-corrected chi connectivity index (χ4v) is 6.64. The van der Waals surface area contributed by atoms with Crippen LogP contribution >= 0.6 is 11.8 Å². The monoisotopic (exact) mass is 731 g/mol. The summed E-state index contributed by atoms with van der Waals surface area (Å²) in [4.78, 5) is 41.6. The minimum Gasteiger partial charge on any atom is -0.489 e. The summed E-state index contributed by atoms with van der Waals surface area (Å²) >= 11 is 1.38. The maximum atomic E-state index is 13.9. The molecule has 0 aliphatic carbocycles. The Hall–Kier alpha value is -6.38. The summed E-state index contributed by atoms with van der Waals surface area (Å²) in [6.07, 6.45) is 1.62. The molecule has 0 aromatic heterocycles. The molecule has 8 heteroatoms. The Labute approximate surface area is 320 Å². The lowest BCUT2D eigenvalue weighted by Gasteiger charge is -2.18. The normalized spacial score (nSPS) is 11.7. The molecule has 0 saturated carbocycles. The van der Waals surface area contributed by atoms with Gasteiger partial charge in [-0.25, -0.2) is 0 Å². The zero-order chi connectivity index (χ0) is 37.7. The van der Waals surface area contributed by atoms with E-state index in [4.69, 9.17) is 4.74 Å². The van der Waals surface area contributed by atoms with Crippen LogP contribution in [0.4, 0.5) is 11.4 Å². The van der Waals surface area contributed by atoms with Crippen molar-refractivity contribution in [3.63, 3.8) is 0 Å². The third kappa shape index (κ3) is 10.6. The highest BCUT2D eigenvalue weighted by molar-refractivity contribution is 8.00. The van der Waals surface area contributed by atoms with E-state index in [-0.39, 0.29) is 11.6 Å². The Morgan fingerprint density at radius 3 is 1.96 bits per heavy atom. The van der Waals surface area contributed by atoms with Crippen LogP contribution in [0, 0.1) is 0 Å². The number of carbonyl (C=O) groups is 3. The standard InChI is InChI=1S/C46H41N3O4S/c1-32(2)35-23-25-38(26-24-35)47-46(52)43(36-15-8-4-9-16-36)54-41-20-12-19-39(30-41)48-45(51)42(49-44(50)37-17-10-5-11-18-37)29-33-21-27-40(28-22-33)53-31-34-13-6-3-7-14-34/h3-30,32,43H,31H2,1-2H3,(H,47,52)(H,48,51)(H,49,50)/b42-29-. The Morgan fingerprint density at radius 2 is 1.30 bits per heavy atom. The van der Waals surface area contributed by atoms with Crippen LogP contribution in [0.25, 0.3) is 6.08 Å². The topological polar surface area (TPSA) is 96.5 Å². The first-order valence-corrected chi connectivity index (χ1v) is 18.6. The van der Waals surface area contributed by atoms with E-state index in [0.717, 1.165) is 21.7 Å². The second kappa shape index (κ2) is 18.4. The Balaban J connectivity index is 1.19. The molecule has 0 heterocycles. The van der Waals surface area contributed by atoms with Gasteiger partial charge in [-0.3, -0.25) is 14.4 Å². The van der Waals surface area contributed by atoms with Crippen LogP contribution in [0.1, 0.15) is 57.6 Å². The number of hydrogen-bond donors (Lipinski definition) is 3. The second-order valence-corrected chi connectivity index (χ2v) is 14.1. The molecule has 3 N–H and O–H groups in total. The number of thioether (sulfide) groups is 1. The lowest BCUT2D eigenvalue weighted by atomic mass is 10.0. The highest BCUT2D eigenvalue weighted by Crippen LogP contribution is 2.37. The molecule has 0 aliphatic heterocycles. The highest BCUT2D eigenvalue weighted by Gasteiger charge is 2.23. The third-order valence-electron chi connectivity index (χ3n) is 8.50. The van der Waals surface area contributed by atoms with E-state index >= 15 is 0 Å². The molecule has 1 atom stereocenters. The molecule has 54 heavy (non-hydrogen) atoms. The molecule has 7 nitrogen and oxygen atoms in total. The summed E-state index contributed by atoms with van der Waals surface area (Å²) in [5.41, 5.74) is 5.49. The minimum atomic E-state index is -0.567. The summed E-state index contributed by atoms with van der Waals surface area (Å²) in [6, 6.07) is 50.7. The van der Waals surface area contributed by atoms with Crippen molar-refractivity contribution < 1.29 is 19.1 Å². The number of ether oxygens (including phenoxy) is 1. The summed E-state index contributed by atoms with van der Waals surface area (Å²) in [5.74, 6) is -0.0222. The van der Waals surface area contributed by atoms with Gasteiger partial charge in [0.25, 0.3) is 11.8 Å². The van der Waals surface area contributed by atoms with Gasteiger partial charge < -0.3 is 20.7 Å². The van der Waals surface area contributed by atoms with Gasteiger partial charge in [0.2, 0.25) is 5.91 Å². The van der Waals surface area contributed by atoms with Gasteiger partial charge in [-0.1, -0.05) is 123 Å². The lowest BCUT2D eigenvalue weighted by Crippen LogP contribution is -2.30. The van der Waals surface area contributed by atoms with E-state index < -0.39 is 17.1 Å². The molecule has 270 valence electrons. The van der Waals surface area contributed by atoms with E-state index in [0.29, 0.717) is 35.1 Å². The van der Waals surface area contributed by atoms with Crippen LogP contribution in [0.5, 0.6) is 5.75 Å². The van der Waals surface area contributed by atoms with Crippen molar-refractivity contribution in [2.24, 2.45) is 0 Å². The van der Waals surface area contributed by atoms with Crippen LogP contribution in [-0.4, -0.2) is 17.7 Å². The average molecular weight is 732 g/mol. The minimum absolute atomic E-state index is 0.0601. The van der Waals surface area contributed by atoms with Crippen LogP contribution in [0.2, 0.25) is 0 Å². The zero-order valence-electron chi connectivity index (χ0n) is 30.1. The molecule has 1 unspecified atom stereocenters. The molecule has 0 spiro atoms. The Morgan fingerprint density at radius 1 is 0.648 bits per heavy atom. The van der Waals surface area contributed by atoms with Crippen molar-refractivity contribution in [2.45, 2.75) is 36.5 Å². The van der Waals surface area contributed by atoms with Crippen molar-refractivity contribution in [2.75, 3.05) is 10.6 Å². The first kappa shape index (κ1) is 37.4. The van der Waals surface area contributed by atoms with Gasteiger partial charge >= 0.3 is 0 Å². The van der Waals surface area contributed by atoms with E-state index in [1.165, 1.54) is 17.3 Å². The number of carbonyl (C=O) groups excluding carboxylic acids is 3. The molecule has 0 aliphatic rings. The van der Waals surface area contributed by atoms with Crippen LogP contribution in [0.15, 0.2) is 174 Å². The maximum absolute atomic E-state index is 13.9. The number of anilines is 2. The molecule has 0 radical (unpaired) electrons. The van der Waals surface area contributed by atoms with Crippen molar-refractivity contribution in [3.05, 3.63) is 197 Å². The van der Waals surface area contributed by atoms with E-state index in [1.54, 1.807) is 36.4 Å². The number of benzene rings is 6. The molecule has 6 aromatic carbocycles. The van der Waals surface area contributed by atoms with Gasteiger partial charge in [0.15, 0.2) is 0 Å². The molecule has 0 bridgehead atoms. The number of rotatable bonds is 14. The quantitative estimate of drug-likeness (QED) is 0.0766. The molecule has 6 aromatic rings. The lowest BCUT2D eigenvalue weighted by molar-refractivity contribution is -0.116. The number of nitrogens with one attached hydrogen (secondary N) is 3. The zero-order valence-corrected chi connectivity index (χ0v) is 30.9. The SMILES string of the molecule is CC(C)c1ccc(NC(=O)C(Sc2cccc(NC(=O)/C(=C/c3ccc(OCc4ccccc4)cc3)NC(=O)c3ccccc3)c2)c2ccccc2)cc1. The van der Waals surface area contributed by atoms with Crippen LogP contribution < -0.4 is 20.7 Å². The second-order valence-electron chi connectivity index (χ2n) is 12.9. The average Bonchev–Trinajstić information content (AvgIpc) is 3.20. The van der Waals surface area contributed by atoms with E-state index in [2.05, 4.69) is 29.8 Å². The fourth-order valence-electron chi connectivity index (χ4n) is 5.55. The van der Waals surface area contributed by atoms with Crippen molar-refractivity contribution in [1.29, 1.82) is 0 Å². The van der Waals surface area contributed by atoms with Crippen molar-refractivity contribution in [1.82, 2.24) is 5.32 Å². The Kier molecular flexibility index (Phi) is 12.7. The van der Waals surface area contributed by atoms with Gasteiger partial charge in [0, 0.05) is 21.8 Å². The van der Waals surface area contributed by atoms with Gasteiger partial charge in [0.05, 0.1) is 0 Å². The Bertz CT molecular complexity index is 2190. The summed E-state index contributed by atoms with van der Waals surface area (Å²) in [6.45, 7) is 4.69. The molecular weight excluding hydrogens is 691 g/mol. The first-order chi connectivity index (χ1) is 26.3. The van der Waals surface area contributed by atoms with Crippen molar-refractivity contribution in [3.8, 4) is 5.75 Å². The van der Waals surface area contributed by atoms with E-state index in [1.807, 2.05) is 133 Å². The molecule has 3 amide bonds. The molecule has 0 fully saturated rings. The molecule has 6 rings (SSSR count). The molecular formula is C46H41N3O4S. The smallest absolute Gasteiger partial charge is 0.272 e. The largest absolute Gasteiger partial charge is 0.489 e. The first-order valence-electron chi connectivity index (χ1n) is 17.7. The van der Waals surface area contributed by atoms with Crippen molar-refractivity contribution >= 4 is 46.9 Å². The predicted molar refractivity (Wildman–Crippen MR) is 218 cm³/mol. The van der Waals surface area contributed by atoms with Gasteiger partial charge in [-0.2, -0.15) is 0 Å². The van der Waals surface area contributed by atoms with E-state index in [9.17, 15) is 14.4 Å². The predicted octanol–water partition coefficient (Wildman–Crippen LogP) is 10.3. The fraction of sp³-hybridized carbons (Fsp3) is 0.109. The third-order valence-corrected chi connectivity index (χ3v) is 9.75. The molecule has 0 saturated heterocycles.